The van der Waals surface area contributed by atoms with E-state index in [9.17, 15) is 18.0 Å². The van der Waals surface area contributed by atoms with E-state index in [1.807, 2.05) is 54.6 Å². The van der Waals surface area contributed by atoms with Gasteiger partial charge in [0.2, 0.25) is 0 Å². The maximum atomic E-state index is 13.2. The summed E-state index contributed by atoms with van der Waals surface area (Å²) in [4.78, 5) is 38.0. The maximum Gasteiger partial charge on any atom is 0.407 e. The van der Waals surface area contributed by atoms with E-state index in [0.717, 1.165) is 22.3 Å². The number of alkyl carbamates (subject to hydrolysis) is 1. The molecule has 2 aromatic carbocycles. The molecule has 0 saturated carbocycles. The smallest absolute Gasteiger partial charge is 0.407 e. The number of pyridine rings is 1. The molecule has 43 heavy (non-hydrogen) atoms. The van der Waals surface area contributed by atoms with Crippen LogP contribution >= 0.6 is 0 Å². The van der Waals surface area contributed by atoms with Gasteiger partial charge >= 0.3 is 6.09 Å². The van der Waals surface area contributed by atoms with Gasteiger partial charge in [0.25, 0.3) is 5.91 Å². The lowest BCUT2D eigenvalue weighted by Crippen LogP contribution is -2.26. The molecule has 4 N–H and O–H groups in total. The Hall–Kier alpha value is -4.84. The first-order valence-electron chi connectivity index (χ1n) is 13.9. The molecule has 0 atom stereocenters. The molecule has 0 unspecified atom stereocenters. The van der Waals surface area contributed by atoms with E-state index in [4.69, 9.17) is 10.5 Å². The number of ether oxygens (including phenoxy) is 1. The Morgan fingerprint density at radius 1 is 0.953 bits per heavy atom. The predicted octanol–water partition coefficient (Wildman–Crippen LogP) is 4.13. The molecule has 1 aliphatic rings. The van der Waals surface area contributed by atoms with Crippen molar-refractivity contribution in [3.05, 3.63) is 102 Å². The van der Waals surface area contributed by atoms with E-state index in [-0.39, 0.29) is 35.5 Å². The molecule has 222 valence electrons. The van der Waals surface area contributed by atoms with E-state index in [1.54, 1.807) is 18.5 Å². The van der Waals surface area contributed by atoms with Crippen molar-refractivity contribution in [2.45, 2.75) is 31.8 Å². The minimum atomic E-state index is -3.02. The normalized spacial score (nSPS) is 14.5. The van der Waals surface area contributed by atoms with Crippen molar-refractivity contribution in [1.29, 1.82) is 0 Å². The van der Waals surface area contributed by atoms with E-state index in [2.05, 4.69) is 25.6 Å². The fourth-order valence-corrected chi connectivity index (χ4v) is 6.37. The van der Waals surface area contributed by atoms with Crippen LogP contribution < -0.4 is 16.4 Å². The van der Waals surface area contributed by atoms with Crippen LogP contribution in [0.2, 0.25) is 0 Å². The largest absolute Gasteiger partial charge is 0.445 e. The number of anilines is 2. The number of hydrogen-bond acceptors (Lipinski definition) is 9. The van der Waals surface area contributed by atoms with Gasteiger partial charge in [-0.05, 0) is 47.9 Å². The summed E-state index contributed by atoms with van der Waals surface area (Å²) in [6.07, 6.45) is 5.76. The first-order valence-corrected chi connectivity index (χ1v) is 15.7. The number of nitrogens with zero attached hydrogens (tertiary/aromatic N) is 3. The van der Waals surface area contributed by atoms with Gasteiger partial charge in [0.15, 0.2) is 11.5 Å². The molecule has 4 aromatic rings. The van der Waals surface area contributed by atoms with Gasteiger partial charge in [-0.25, -0.2) is 23.2 Å². The lowest BCUT2D eigenvalue weighted by atomic mass is 9.93. The minimum absolute atomic E-state index is 0.00904. The second-order valence-electron chi connectivity index (χ2n) is 10.3. The number of benzene rings is 2. The second-order valence-corrected chi connectivity index (χ2v) is 12.6. The van der Waals surface area contributed by atoms with E-state index < -0.39 is 21.8 Å². The first kappa shape index (κ1) is 29.6. The van der Waals surface area contributed by atoms with Crippen LogP contribution in [0.15, 0.2) is 79.3 Å². The monoisotopic (exact) mass is 600 g/mol. The van der Waals surface area contributed by atoms with Crippen molar-refractivity contribution in [1.82, 2.24) is 20.3 Å². The van der Waals surface area contributed by atoms with Crippen molar-refractivity contribution >= 4 is 33.3 Å². The molecule has 1 aliphatic heterocycles. The molecule has 11 nitrogen and oxygen atoms in total. The van der Waals surface area contributed by atoms with Gasteiger partial charge in [-0.1, -0.05) is 54.6 Å². The highest BCUT2D eigenvalue weighted by Crippen LogP contribution is 2.33. The number of nitrogens with one attached hydrogen (secondary N) is 2. The summed E-state index contributed by atoms with van der Waals surface area (Å²) in [5.74, 6) is -0.330. The second kappa shape index (κ2) is 13.4. The molecule has 0 radical (unpaired) electrons. The van der Waals surface area contributed by atoms with Crippen molar-refractivity contribution in [2.75, 3.05) is 29.1 Å². The van der Waals surface area contributed by atoms with Crippen LogP contribution in [0.5, 0.6) is 0 Å². The Labute approximate surface area is 249 Å². The highest BCUT2D eigenvalue weighted by atomic mass is 32.2. The molecular formula is C31H32N6O5S. The minimum Gasteiger partial charge on any atom is -0.445 e. The number of sulfone groups is 1. The molecule has 1 saturated heterocycles. The van der Waals surface area contributed by atoms with Crippen LogP contribution in [0.3, 0.4) is 0 Å². The van der Waals surface area contributed by atoms with Crippen LogP contribution in [0.25, 0.3) is 11.3 Å². The molecule has 1 fully saturated rings. The summed E-state index contributed by atoms with van der Waals surface area (Å²) in [7, 11) is -3.02. The number of carbonyl (C=O) groups is 2. The first-order chi connectivity index (χ1) is 20.8. The fourth-order valence-electron chi connectivity index (χ4n) is 4.88. The van der Waals surface area contributed by atoms with Crippen molar-refractivity contribution in [3.63, 3.8) is 0 Å². The van der Waals surface area contributed by atoms with E-state index in [0.29, 0.717) is 37.2 Å². The van der Waals surface area contributed by atoms with Crippen molar-refractivity contribution in [3.8, 4) is 11.3 Å². The van der Waals surface area contributed by atoms with Crippen LogP contribution in [-0.4, -0.2) is 53.4 Å². The number of nitrogens with two attached hydrogens (primary N) is 1. The number of aromatic nitrogens is 3. The van der Waals surface area contributed by atoms with Gasteiger partial charge in [0, 0.05) is 18.3 Å². The van der Waals surface area contributed by atoms with Gasteiger partial charge in [-0.15, -0.1) is 0 Å². The molecule has 0 bridgehead atoms. The highest BCUT2D eigenvalue weighted by Gasteiger charge is 2.27. The van der Waals surface area contributed by atoms with E-state index in [1.165, 1.54) is 6.20 Å². The summed E-state index contributed by atoms with van der Waals surface area (Å²) >= 11 is 0. The summed E-state index contributed by atoms with van der Waals surface area (Å²) in [6, 6.07) is 18.8. The van der Waals surface area contributed by atoms with E-state index >= 15 is 0 Å². The molecule has 12 heteroatoms. The zero-order valence-corrected chi connectivity index (χ0v) is 24.2. The number of amides is 2. The molecule has 2 aromatic heterocycles. The summed E-state index contributed by atoms with van der Waals surface area (Å²) < 4.78 is 29.0. The maximum absolute atomic E-state index is 13.2. The third-order valence-corrected chi connectivity index (χ3v) is 8.97. The lowest BCUT2D eigenvalue weighted by Gasteiger charge is -2.24. The average molecular weight is 601 g/mol. The standard InChI is InChI=1S/C31H32N6O5S/c32-29-28(30(38)37-27-18-33-14-11-25(27)23-12-16-43(40,41)17-13-23)36-26(19-35-29)24-8-6-21(7-9-24)10-15-34-31(39)42-20-22-4-2-1-3-5-22/h1-9,11,14,18-19,23H,10,12-13,15-17,20H2,(H2,32,35)(H,34,39)(H,37,38). The number of hydrogen-bond donors (Lipinski definition) is 3. The van der Waals surface area contributed by atoms with Crippen molar-refractivity contribution in [2.24, 2.45) is 0 Å². The third kappa shape index (κ3) is 7.92. The van der Waals surface area contributed by atoms with Gasteiger partial charge in [0.05, 0.1) is 35.3 Å². The fraction of sp³-hybridized carbons (Fsp3) is 0.258. The Balaban J connectivity index is 1.19. The lowest BCUT2D eigenvalue weighted by molar-refractivity contribution is 0.102. The molecule has 3 heterocycles. The van der Waals surface area contributed by atoms with Crippen LogP contribution in [0.1, 0.15) is 45.9 Å². The summed E-state index contributed by atoms with van der Waals surface area (Å²) in [5.41, 5.74) is 10.4. The molecule has 0 spiro atoms. The van der Waals surface area contributed by atoms with Crippen LogP contribution in [0.4, 0.5) is 16.3 Å². The summed E-state index contributed by atoms with van der Waals surface area (Å²) in [6.45, 7) is 0.617. The van der Waals surface area contributed by atoms with Crippen LogP contribution in [-0.2, 0) is 27.6 Å². The number of carbonyl (C=O) groups excluding carboxylic acids is 2. The quantitative estimate of drug-likeness (QED) is 0.256. The topological polar surface area (TPSA) is 166 Å². The van der Waals surface area contributed by atoms with Gasteiger partial charge < -0.3 is 21.1 Å². The Kier molecular flexibility index (Phi) is 9.26. The average Bonchev–Trinajstić information content (AvgIpc) is 3.01. The number of rotatable bonds is 9. The van der Waals surface area contributed by atoms with Crippen LogP contribution in [0, 0.1) is 0 Å². The number of nitrogen functional groups attached to an aromatic ring is 1. The highest BCUT2D eigenvalue weighted by molar-refractivity contribution is 7.91. The Bertz CT molecular complexity index is 1680. The zero-order chi connectivity index (χ0) is 30.2. The van der Waals surface area contributed by atoms with Gasteiger partial charge in [-0.3, -0.25) is 9.78 Å². The third-order valence-electron chi connectivity index (χ3n) is 7.26. The Morgan fingerprint density at radius 3 is 2.44 bits per heavy atom. The summed E-state index contributed by atoms with van der Waals surface area (Å²) in [5, 5.41) is 5.59. The molecular weight excluding hydrogens is 568 g/mol. The molecule has 0 aliphatic carbocycles. The Morgan fingerprint density at radius 2 is 1.70 bits per heavy atom. The van der Waals surface area contributed by atoms with Gasteiger partial charge in [0.1, 0.15) is 16.4 Å². The van der Waals surface area contributed by atoms with Crippen molar-refractivity contribution < 1.29 is 22.7 Å². The van der Waals surface area contributed by atoms with Gasteiger partial charge in [-0.2, -0.15) is 0 Å². The molecule has 5 rings (SSSR count). The SMILES string of the molecule is Nc1ncc(-c2ccc(CCNC(=O)OCc3ccccc3)cc2)nc1C(=O)Nc1cnccc1C1CCS(=O)(=O)CC1. The zero-order valence-electron chi connectivity index (χ0n) is 23.4. The molecule has 2 amide bonds. The predicted molar refractivity (Wildman–Crippen MR) is 163 cm³/mol.